The van der Waals surface area contributed by atoms with Crippen LogP contribution in [0, 0.1) is 23.7 Å². The van der Waals surface area contributed by atoms with E-state index in [1.54, 1.807) is 4.31 Å². The fraction of sp³-hybridized carbons (Fsp3) is 0.920. The maximum Gasteiger partial charge on any atom is 0.311 e. The SMILES string of the molecule is CC1CC(NC(=O)C2CCC(S(=O)(=O)N3CCCCC3)CC2)NC2C3CCCCC3OC(=O)C12. The van der Waals surface area contributed by atoms with Crippen molar-refractivity contribution in [3.63, 3.8) is 0 Å². The van der Waals surface area contributed by atoms with Crippen LogP contribution < -0.4 is 10.6 Å². The molecule has 3 saturated heterocycles. The fourth-order valence-corrected chi connectivity index (χ4v) is 9.36. The van der Waals surface area contributed by atoms with E-state index in [-0.39, 0.29) is 53.2 Å². The number of esters is 1. The molecule has 0 aromatic carbocycles. The van der Waals surface area contributed by atoms with Gasteiger partial charge in [-0.3, -0.25) is 14.9 Å². The van der Waals surface area contributed by atoms with Gasteiger partial charge in [0, 0.05) is 31.0 Å². The molecule has 5 fully saturated rings. The van der Waals surface area contributed by atoms with E-state index in [1.165, 1.54) is 6.42 Å². The van der Waals surface area contributed by atoms with Gasteiger partial charge in [-0.1, -0.05) is 19.8 Å². The molecule has 9 heteroatoms. The van der Waals surface area contributed by atoms with Crippen molar-refractivity contribution < 1.29 is 22.7 Å². The third-order valence-corrected chi connectivity index (χ3v) is 11.6. The zero-order valence-corrected chi connectivity index (χ0v) is 21.2. The maximum absolute atomic E-state index is 13.1. The average molecular weight is 496 g/mol. The first-order valence-corrected chi connectivity index (χ1v) is 15.1. The lowest BCUT2D eigenvalue weighted by molar-refractivity contribution is -0.179. The Morgan fingerprint density at radius 1 is 1.00 bits per heavy atom. The van der Waals surface area contributed by atoms with Crippen molar-refractivity contribution in [1.82, 2.24) is 14.9 Å². The summed E-state index contributed by atoms with van der Waals surface area (Å²) in [5, 5.41) is 6.50. The number of fused-ring (bicyclic) bond motifs is 3. The van der Waals surface area contributed by atoms with E-state index in [4.69, 9.17) is 4.74 Å². The number of rotatable bonds is 4. The molecule has 0 spiro atoms. The van der Waals surface area contributed by atoms with Crippen molar-refractivity contribution in [1.29, 1.82) is 0 Å². The van der Waals surface area contributed by atoms with Crippen LogP contribution >= 0.6 is 0 Å². The van der Waals surface area contributed by atoms with E-state index in [1.807, 2.05) is 0 Å². The van der Waals surface area contributed by atoms with Gasteiger partial charge in [-0.25, -0.2) is 12.7 Å². The highest BCUT2D eigenvalue weighted by Crippen LogP contribution is 2.42. The highest BCUT2D eigenvalue weighted by molar-refractivity contribution is 7.89. The molecule has 3 heterocycles. The lowest BCUT2D eigenvalue weighted by Gasteiger charge is -2.50. The summed E-state index contributed by atoms with van der Waals surface area (Å²) < 4.78 is 33.5. The van der Waals surface area contributed by atoms with Crippen molar-refractivity contribution in [3.05, 3.63) is 0 Å². The molecule has 0 radical (unpaired) electrons. The smallest absolute Gasteiger partial charge is 0.311 e. The summed E-state index contributed by atoms with van der Waals surface area (Å²) >= 11 is 0. The number of sulfonamides is 1. The minimum absolute atomic E-state index is 0.00813. The molecule has 3 aliphatic heterocycles. The van der Waals surface area contributed by atoms with Crippen molar-refractivity contribution >= 4 is 21.9 Å². The Morgan fingerprint density at radius 3 is 2.44 bits per heavy atom. The molecule has 5 aliphatic rings. The van der Waals surface area contributed by atoms with Crippen LogP contribution in [0.2, 0.25) is 0 Å². The number of nitrogens with one attached hydrogen (secondary N) is 2. The summed E-state index contributed by atoms with van der Waals surface area (Å²) in [4.78, 5) is 25.8. The summed E-state index contributed by atoms with van der Waals surface area (Å²) in [6, 6.07) is 0.0611. The predicted octanol–water partition coefficient (Wildman–Crippen LogP) is 2.53. The Labute approximate surface area is 204 Å². The Balaban J connectivity index is 1.16. The lowest BCUT2D eigenvalue weighted by atomic mass is 9.68. The molecule has 6 unspecified atom stereocenters. The molecular formula is C25H41N3O5S. The quantitative estimate of drug-likeness (QED) is 0.581. The monoisotopic (exact) mass is 495 g/mol. The van der Waals surface area contributed by atoms with Gasteiger partial charge < -0.3 is 10.1 Å². The van der Waals surface area contributed by atoms with E-state index >= 15 is 0 Å². The minimum Gasteiger partial charge on any atom is -0.462 e. The number of ether oxygens (including phenoxy) is 1. The van der Waals surface area contributed by atoms with Crippen LogP contribution in [0.1, 0.15) is 84.0 Å². The number of hydrogen-bond donors (Lipinski definition) is 2. The van der Waals surface area contributed by atoms with Crippen LogP contribution in [0.4, 0.5) is 0 Å². The van der Waals surface area contributed by atoms with E-state index in [0.717, 1.165) is 38.5 Å². The molecule has 0 bridgehead atoms. The van der Waals surface area contributed by atoms with Crippen LogP contribution in [0.3, 0.4) is 0 Å². The van der Waals surface area contributed by atoms with E-state index < -0.39 is 10.0 Å². The van der Waals surface area contributed by atoms with E-state index in [2.05, 4.69) is 17.6 Å². The number of carbonyl (C=O) groups is 2. The summed E-state index contributed by atoms with van der Waals surface area (Å²) in [6.45, 7) is 3.39. The topological polar surface area (TPSA) is 105 Å². The number of amides is 1. The normalized spacial score (nSPS) is 41.6. The van der Waals surface area contributed by atoms with Crippen molar-refractivity contribution in [3.8, 4) is 0 Å². The second-order valence-electron chi connectivity index (χ2n) is 11.4. The molecule has 0 aromatic heterocycles. The minimum atomic E-state index is -3.25. The van der Waals surface area contributed by atoms with Gasteiger partial charge in [0.2, 0.25) is 15.9 Å². The maximum atomic E-state index is 13.1. The molecule has 192 valence electrons. The van der Waals surface area contributed by atoms with Crippen LogP contribution in [0.15, 0.2) is 0 Å². The van der Waals surface area contributed by atoms with Crippen LogP contribution in [-0.4, -0.2) is 61.3 Å². The van der Waals surface area contributed by atoms with E-state index in [0.29, 0.717) is 51.1 Å². The largest absolute Gasteiger partial charge is 0.462 e. The first-order valence-electron chi connectivity index (χ1n) is 13.6. The molecule has 1 amide bonds. The zero-order chi connectivity index (χ0) is 23.9. The third-order valence-electron chi connectivity index (χ3n) is 9.21. The third kappa shape index (κ3) is 4.76. The number of nitrogens with zero attached hydrogens (tertiary/aromatic N) is 1. The summed E-state index contributed by atoms with van der Waals surface area (Å²) in [5.74, 6) is 0.150. The lowest BCUT2D eigenvalue weighted by Crippen LogP contribution is -2.66. The fourth-order valence-electron chi connectivity index (χ4n) is 7.30. The van der Waals surface area contributed by atoms with E-state index in [9.17, 15) is 18.0 Å². The first kappa shape index (κ1) is 24.5. The number of hydrogen-bond acceptors (Lipinski definition) is 6. The van der Waals surface area contributed by atoms with Gasteiger partial charge in [-0.2, -0.15) is 0 Å². The van der Waals surface area contributed by atoms with Gasteiger partial charge in [-0.05, 0) is 70.1 Å². The summed E-state index contributed by atoms with van der Waals surface area (Å²) in [7, 11) is -3.25. The standard InChI is InChI=1S/C25H41N3O5S/c1-16-15-21(26-23-19-7-3-4-8-20(19)33-25(30)22(16)23)27-24(29)17-9-11-18(12-10-17)34(31,32)28-13-5-2-6-14-28/h16-23,26H,2-15H2,1H3,(H,27,29). The van der Waals surface area contributed by atoms with Gasteiger partial charge in [-0.15, -0.1) is 0 Å². The Bertz CT molecular complexity index is 866. The first-order chi connectivity index (χ1) is 16.3. The highest BCUT2D eigenvalue weighted by atomic mass is 32.2. The Kier molecular flexibility index (Phi) is 7.24. The molecule has 2 aliphatic carbocycles. The molecule has 34 heavy (non-hydrogen) atoms. The van der Waals surface area contributed by atoms with Gasteiger partial charge in [0.15, 0.2) is 0 Å². The highest BCUT2D eigenvalue weighted by Gasteiger charge is 2.51. The molecule has 5 rings (SSSR count). The summed E-state index contributed by atoms with van der Waals surface area (Å²) in [6.07, 6.45) is 10.2. The summed E-state index contributed by atoms with van der Waals surface area (Å²) in [5.41, 5.74) is 0. The van der Waals surface area contributed by atoms with Crippen LogP contribution in [0.5, 0.6) is 0 Å². The van der Waals surface area contributed by atoms with Gasteiger partial charge >= 0.3 is 5.97 Å². The Hall–Kier alpha value is -1.19. The zero-order valence-electron chi connectivity index (χ0n) is 20.4. The van der Waals surface area contributed by atoms with Crippen LogP contribution in [0.25, 0.3) is 0 Å². The second-order valence-corrected chi connectivity index (χ2v) is 13.6. The Morgan fingerprint density at radius 2 is 1.71 bits per heavy atom. The molecule has 8 nitrogen and oxygen atoms in total. The molecule has 2 N–H and O–H groups in total. The molecule has 6 atom stereocenters. The van der Waals surface area contributed by atoms with Gasteiger partial charge in [0.25, 0.3) is 0 Å². The van der Waals surface area contributed by atoms with Crippen molar-refractivity contribution in [2.75, 3.05) is 13.1 Å². The molecular weight excluding hydrogens is 454 g/mol. The molecule has 2 saturated carbocycles. The van der Waals surface area contributed by atoms with Crippen LogP contribution in [-0.2, 0) is 24.3 Å². The second kappa shape index (κ2) is 10.1. The predicted molar refractivity (Wildman–Crippen MR) is 128 cm³/mol. The number of carbonyl (C=O) groups excluding carboxylic acids is 2. The molecule has 0 aromatic rings. The average Bonchev–Trinajstić information content (AvgIpc) is 2.84. The number of piperidine rings is 2. The van der Waals surface area contributed by atoms with Crippen molar-refractivity contribution in [2.24, 2.45) is 23.7 Å². The van der Waals surface area contributed by atoms with Gasteiger partial charge in [0.05, 0.1) is 17.3 Å². The van der Waals surface area contributed by atoms with Crippen molar-refractivity contribution in [2.45, 2.75) is 108 Å². The van der Waals surface area contributed by atoms with Gasteiger partial charge in [0.1, 0.15) is 6.10 Å².